The lowest BCUT2D eigenvalue weighted by molar-refractivity contribution is -0.124. The van der Waals surface area contributed by atoms with Crippen LogP contribution in [0.15, 0.2) is 36.5 Å². The quantitative estimate of drug-likeness (QED) is 0.301. The number of nitrogens with one attached hydrogen (secondary N) is 2. The van der Waals surface area contributed by atoms with Gasteiger partial charge in [-0.2, -0.15) is 0 Å². The maximum Gasteiger partial charge on any atom is 0.224 e. The standard InChI is InChI=1S/C31H41N5O3/c1-4-22(37)11-6-5-7-13-26(34-29(38)24-19-31(24)14-16-36(2)17-15-31)28-32-20-27(33-28)23-18-21-10-8-9-12-25(21)35-30(23)39-3/h8-10,12,18,20,24,26H,4-7,11,13-17,19H2,1-3H3,(H,32,33)(H,34,38)/t24-,26+/m1/s1. The van der Waals surface area contributed by atoms with Crippen molar-refractivity contribution in [1.82, 2.24) is 25.2 Å². The van der Waals surface area contributed by atoms with Crippen LogP contribution >= 0.6 is 0 Å². The molecule has 1 aliphatic heterocycles. The van der Waals surface area contributed by atoms with Gasteiger partial charge < -0.3 is 19.9 Å². The number of unbranched alkanes of at least 4 members (excludes halogenated alkanes) is 2. The van der Waals surface area contributed by atoms with Gasteiger partial charge in [-0.25, -0.2) is 9.97 Å². The van der Waals surface area contributed by atoms with Crippen molar-refractivity contribution in [3.63, 3.8) is 0 Å². The fourth-order valence-corrected chi connectivity index (χ4v) is 6.01. The van der Waals surface area contributed by atoms with Crippen molar-refractivity contribution in [2.75, 3.05) is 27.2 Å². The first kappa shape index (κ1) is 27.3. The number of methoxy groups -OCH3 is 1. The second kappa shape index (κ2) is 11.9. The molecule has 3 heterocycles. The summed E-state index contributed by atoms with van der Waals surface area (Å²) in [5.74, 6) is 1.83. The first-order valence-electron chi connectivity index (χ1n) is 14.4. The predicted molar refractivity (Wildman–Crippen MR) is 152 cm³/mol. The molecule has 2 N–H and O–H groups in total. The number of ketones is 1. The fraction of sp³-hybridized carbons (Fsp3) is 0.548. The molecule has 1 aromatic carbocycles. The summed E-state index contributed by atoms with van der Waals surface area (Å²) in [6.07, 6.45) is 9.73. The Hall–Kier alpha value is -3.26. The molecule has 208 valence electrons. The van der Waals surface area contributed by atoms with Crippen LogP contribution in [0.4, 0.5) is 0 Å². The summed E-state index contributed by atoms with van der Waals surface area (Å²) in [4.78, 5) is 40.4. The highest BCUT2D eigenvalue weighted by molar-refractivity contribution is 5.85. The number of piperidine rings is 1. The highest BCUT2D eigenvalue weighted by atomic mass is 16.5. The number of carbonyl (C=O) groups excluding carboxylic acids is 2. The second-order valence-electron chi connectivity index (χ2n) is 11.4. The van der Waals surface area contributed by atoms with Gasteiger partial charge in [0.15, 0.2) is 0 Å². The van der Waals surface area contributed by atoms with Gasteiger partial charge in [0.05, 0.1) is 36.1 Å². The van der Waals surface area contributed by atoms with Crippen LogP contribution in [-0.4, -0.2) is 58.8 Å². The van der Waals surface area contributed by atoms with E-state index in [2.05, 4.69) is 33.3 Å². The van der Waals surface area contributed by atoms with Crippen molar-refractivity contribution in [3.05, 3.63) is 42.4 Å². The molecule has 1 saturated heterocycles. The molecule has 8 heteroatoms. The zero-order valence-corrected chi connectivity index (χ0v) is 23.5. The number of hydrogen-bond donors (Lipinski definition) is 2. The van der Waals surface area contributed by atoms with E-state index in [0.29, 0.717) is 24.5 Å². The number of rotatable bonds is 12. The fourth-order valence-electron chi connectivity index (χ4n) is 6.01. The Balaban J connectivity index is 1.32. The Morgan fingerprint density at radius 1 is 1.21 bits per heavy atom. The molecule has 0 unspecified atom stereocenters. The van der Waals surface area contributed by atoms with Gasteiger partial charge in [-0.1, -0.05) is 38.0 Å². The van der Waals surface area contributed by atoms with Gasteiger partial charge in [0.25, 0.3) is 0 Å². The third-order valence-electron chi connectivity index (χ3n) is 8.75. The van der Waals surface area contributed by atoms with Crippen LogP contribution in [0, 0.1) is 11.3 Å². The molecule has 1 saturated carbocycles. The molecule has 2 aliphatic rings. The largest absolute Gasteiger partial charge is 0.480 e. The molecule has 2 fully saturated rings. The smallest absolute Gasteiger partial charge is 0.224 e. The number of nitrogens with zero attached hydrogens (tertiary/aromatic N) is 3. The Bertz CT molecular complexity index is 1310. The van der Waals surface area contributed by atoms with Crippen LogP contribution < -0.4 is 10.1 Å². The van der Waals surface area contributed by atoms with E-state index in [1.165, 1.54) is 0 Å². The summed E-state index contributed by atoms with van der Waals surface area (Å²) in [5, 5.41) is 4.37. The SMILES string of the molecule is CCC(=O)CCCCC[C@H](NC(=O)[C@H]1CC12CCN(C)CC2)c1ncc(-c2cc3ccccc3nc2OC)[nH]1. The number of para-hydroxylation sites is 1. The van der Waals surface area contributed by atoms with E-state index in [1.54, 1.807) is 13.3 Å². The number of imidazole rings is 1. The van der Waals surface area contributed by atoms with E-state index < -0.39 is 0 Å². The number of Topliss-reactive ketones (excluding diaryl/α,β-unsaturated/α-hetero) is 1. The van der Waals surface area contributed by atoms with Gasteiger partial charge in [0, 0.05) is 24.1 Å². The summed E-state index contributed by atoms with van der Waals surface area (Å²) >= 11 is 0. The minimum atomic E-state index is -0.212. The minimum Gasteiger partial charge on any atom is -0.480 e. The molecule has 2 aromatic heterocycles. The number of fused-ring (bicyclic) bond motifs is 1. The highest BCUT2D eigenvalue weighted by Gasteiger charge is 2.58. The monoisotopic (exact) mass is 531 g/mol. The maximum absolute atomic E-state index is 13.4. The lowest BCUT2D eigenvalue weighted by Gasteiger charge is -2.30. The molecule has 5 rings (SSSR count). The summed E-state index contributed by atoms with van der Waals surface area (Å²) in [5.41, 5.74) is 2.70. The lowest BCUT2D eigenvalue weighted by Crippen LogP contribution is -2.36. The molecule has 0 bridgehead atoms. The molecule has 1 spiro atoms. The number of ether oxygens (including phenoxy) is 1. The number of aromatic nitrogens is 3. The van der Waals surface area contributed by atoms with Gasteiger partial charge in [0.1, 0.15) is 11.6 Å². The molecular weight excluding hydrogens is 490 g/mol. The average molecular weight is 532 g/mol. The number of H-pyrrole nitrogens is 1. The van der Waals surface area contributed by atoms with Crippen LogP contribution in [0.5, 0.6) is 5.88 Å². The summed E-state index contributed by atoms with van der Waals surface area (Å²) < 4.78 is 5.61. The first-order chi connectivity index (χ1) is 18.9. The van der Waals surface area contributed by atoms with Crippen LogP contribution in [-0.2, 0) is 9.59 Å². The summed E-state index contributed by atoms with van der Waals surface area (Å²) in [6.45, 7) is 4.04. The van der Waals surface area contributed by atoms with Crippen molar-refractivity contribution in [1.29, 1.82) is 0 Å². The van der Waals surface area contributed by atoms with E-state index >= 15 is 0 Å². The zero-order valence-electron chi connectivity index (χ0n) is 23.5. The number of amides is 1. The number of pyridine rings is 1. The Morgan fingerprint density at radius 2 is 2.00 bits per heavy atom. The minimum absolute atomic E-state index is 0.0927. The van der Waals surface area contributed by atoms with Crippen molar-refractivity contribution in [3.8, 4) is 17.1 Å². The number of hydrogen-bond acceptors (Lipinski definition) is 6. The van der Waals surface area contributed by atoms with E-state index in [-0.39, 0.29) is 23.3 Å². The first-order valence-corrected chi connectivity index (χ1v) is 14.4. The number of likely N-dealkylation sites (tertiary alicyclic amines) is 1. The Labute approximate surface area is 230 Å². The summed E-state index contributed by atoms with van der Waals surface area (Å²) in [6, 6.07) is 9.80. The van der Waals surface area contributed by atoms with Crippen LogP contribution in [0.1, 0.15) is 76.6 Å². The van der Waals surface area contributed by atoms with Gasteiger partial charge in [-0.05, 0) is 69.8 Å². The highest BCUT2D eigenvalue weighted by Crippen LogP contribution is 2.59. The average Bonchev–Trinajstić information content (AvgIpc) is 3.44. The number of carbonyl (C=O) groups is 2. The van der Waals surface area contributed by atoms with E-state index in [1.807, 2.05) is 31.2 Å². The second-order valence-corrected chi connectivity index (χ2v) is 11.4. The molecule has 8 nitrogen and oxygen atoms in total. The number of benzene rings is 1. The molecule has 0 radical (unpaired) electrons. The third-order valence-corrected chi connectivity index (χ3v) is 8.75. The lowest BCUT2D eigenvalue weighted by atomic mass is 9.91. The van der Waals surface area contributed by atoms with Crippen molar-refractivity contribution < 1.29 is 14.3 Å². The van der Waals surface area contributed by atoms with Crippen LogP contribution in [0.3, 0.4) is 0 Å². The van der Waals surface area contributed by atoms with Crippen LogP contribution in [0.25, 0.3) is 22.2 Å². The Kier molecular flexibility index (Phi) is 8.31. The van der Waals surface area contributed by atoms with Gasteiger partial charge >= 0.3 is 0 Å². The molecule has 3 aromatic rings. The normalized spacial score (nSPS) is 19.2. The Morgan fingerprint density at radius 3 is 2.77 bits per heavy atom. The van der Waals surface area contributed by atoms with Crippen molar-refractivity contribution >= 4 is 22.6 Å². The third kappa shape index (κ3) is 6.16. The van der Waals surface area contributed by atoms with Gasteiger partial charge in [-0.3, -0.25) is 9.59 Å². The molecule has 1 aliphatic carbocycles. The van der Waals surface area contributed by atoms with E-state index in [4.69, 9.17) is 9.72 Å². The topological polar surface area (TPSA) is 100 Å². The van der Waals surface area contributed by atoms with Gasteiger partial charge in [0.2, 0.25) is 11.8 Å². The molecular formula is C31H41N5O3. The summed E-state index contributed by atoms with van der Waals surface area (Å²) in [7, 11) is 3.78. The van der Waals surface area contributed by atoms with E-state index in [0.717, 1.165) is 86.0 Å². The molecule has 39 heavy (non-hydrogen) atoms. The molecule has 2 atom stereocenters. The van der Waals surface area contributed by atoms with E-state index in [9.17, 15) is 9.59 Å². The number of aromatic amines is 1. The van der Waals surface area contributed by atoms with Crippen molar-refractivity contribution in [2.24, 2.45) is 11.3 Å². The van der Waals surface area contributed by atoms with Crippen molar-refractivity contribution in [2.45, 2.75) is 70.8 Å². The maximum atomic E-state index is 13.4. The predicted octanol–water partition coefficient (Wildman–Crippen LogP) is 5.45. The molecule has 1 amide bonds. The van der Waals surface area contributed by atoms with Gasteiger partial charge in [-0.15, -0.1) is 0 Å². The zero-order chi connectivity index (χ0) is 27.4. The van der Waals surface area contributed by atoms with Crippen LogP contribution in [0.2, 0.25) is 0 Å².